The first kappa shape index (κ1) is 12.3. The van der Waals surface area contributed by atoms with Gasteiger partial charge >= 0.3 is 0 Å². The van der Waals surface area contributed by atoms with Crippen molar-refractivity contribution in [2.24, 2.45) is 0 Å². The first-order valence-electron chi connectivity index (χ1n) is 6.38. The minimum Gasteiger partial charge on any atom is -0.392 e. The van der Waals surface area contributed by atoms with E-state index in [1.165, 1.54) is 0 Å². The fourth-order valence-corrected chi connectivity index (χ4v) is 2.44. The van der Waals surface area contributed by atoms with Gasteiger partial charge in [0.1, 0.15) is 0 Å². The molecule has 2 aliphatic rings. The number of ether oxygens (including phenoxy) is 1. The Morgan fingerprint density at radius 1 is 1.25 bits per heavy atom. The van der Waals surface area contributed by atoms with Crippen LogP contribution < -0.4 is 0 Å². The van der Waals surface area contributed by atoms with Crippen molar-refractivity contribution < 1.29 is 14.9 Å². The quantitative estimate of drug-likeness (QED) is 0.715. The van der Waals surface area contributed by atoms with E-state index in [4.69, 9.17) is 4.74 Å². The summed E-state index contributed by atoms with van der Waals surface area (Å²) in [6, 6.07) is 0. The van der Waals surface area contributed by atoms with Gasteiger partial charge in [0.25, 0.3) is 0 Å². The molecule has 1 aliphatic carbocycles. The average molecular weight is 229 g/mol. The summed E-state index contributed by atoms with van der Waals surface area (Å²) in [6.07, 6.45) is 4.12. The highest BCUT2D eigenvalue weighted by Crippen LogP contribution is 2.35. The van der Waals surface area contributed by atoms with Gasteiger partial charge in [0.05, 0.1) is 24.9 Å². The Kier molecular flexibility index (Phi) is 4.19. The van der Waals surface area contributed by atoms with Gasteiger partial charge in [-0.3, -0.25) is 4.90 Å². The van der Waals surface area contributed by atoms with Crippen LogP contribution in [-0.4, -0.2) is 59.7 Å². The summed E-state index contributed by atoms with van der Waals surface area (Å²) in [7, 11) is 0. The van der Waals surface area contributed by atoms with Crippen molar-refractivity contribution in [3.8, 4) is 0 Å². The molecule has 1 aliphatic heterocycles. The number of aliphatic hydroxyl groups is 2. The molecule has 4 heteroatoms. The van der Waals surface area contributed by atoms with Crippen molar-refractivity contribution in [3.63, 3.8) is 0 Å². The molecule has 0 radical (unpaired) electrons. The van der Waals surface area contributed by atoms with E-state index in [1.54, 1.807) is 0 Å². The molecule has 0 aromatic heterocycles. The maximum atomic E-state index is 9.92. The van der Waals surface area contributed by atoms with Crippen LogP contribution in [0.4, 0.5) is 0 Å². The van der Waals surface area contributed by atoms with Crippen molar-refractivity contribution in [1.29, 1.82) is 0 Å². The van der Waals surface area contributed by atoms with E-state index in [9.17, 15) is 10.2 Å². The van der Waals surface area contributed by atoms with Crippen molar-refractivity contribution in [2.75, 3.05) is 32.8 Å². The highest BCUT2D eigenvalue weighted by Gasteiger charge is 2.34. The van der Waals surface area contributed by atoms with Crippen LogP contribution in [0.2, 0.25) is 0 Å². The lowest BCUT2D eigenvalue weighted by atomic mass is 9.76. The number of hydrogen-bond donors (Lipinski definition) is 2. The van der Waals surface area contributed by atoms with E-state index in [-0.39, 0.29) is 6.10 Å². The van der Waals surface area contributed by atoms with Gasteiger partial charge in [-0.15, -0.1) is 0 Å². The van der Waals surface area contributed by atoms with Crippen LogP contribution in [0.15, 0.2) is 0 Å². The summed E-state index contributed by atoms with van der Waals surface area (Å²) in [5, 5.41) is 19.8. The van der Waals surface area contributed by atoms with Gasteiger partial charge < -0.3 is 14.9 Å². The summed E-state index contributed by atoms with van der Waals surface area (Å²) in [5.41, 5.74) is -0.452. The third-order valence-corrected chi connectivity index (χ3v) is 3.80. The average Bonchev–Trinajstić information content (AvgIpc) is 2.25. The van der Waals surface area contributed by atoms with Crippen LogP contribution in [0.5, 0.6) is 0 Å². The summed E-state index contributed by atoms with van der Waals surface area (Å²) in [6.45, 7) is 4.11. The van der Waals surface area contributed by atoms with Crippen LogP contribution in [0, 0.1) is 0 Å². The van der Waals surface area contributed by atoms with Gasteiger partial charge in [0.15, 0.2) is 0 Å². The third-order valence-electron chi connectivity index (χ3n) is 3.80. The van der Waals surface area contributed by atoms with E-state index in [0.717, 1.165) is 58.5 Å². The van der Waals surface area contributed by atoms with E-state index < -0.39 is 5.60 Å². The van der Waals surface area contributed by atoms with Crippen LogP contribution in [0.1, 0.15) is 32.1 Å². The Morgan fingerprint density at radius 3 is 2.50 bits per heavy atom. The predicted molar refractivity (Wildman–Crippen MR) is 61.3 cm³/mol. The minimum atomic E-state index is -0.452. The normalized spacial score (nSPS) is 27.4. The van der Waals surface area contributed by atoms with Crippen molar-refractivity contribution in [2.45, 2.75) is 43.8 Å². The lowest BCUT2D eigenvalue weighted by Gasteiger charge is -2.37. The lowest BCUT2D eigenvalue weighted by Crippen LogP contribution is -2.42. The molecule has 0 bridgehead atoms. The number of nitrogens with zero attached hydrogens (tertiary/aromatic N) is 1. The fraction of sp³-hybridized carbons (Fsp3) is 1.00. The molecule has 1 unspecified atom stereocenters. The second-order valence-corrected chi connectivity index (χ2v) is 5.18. The SMILES string of the molecule is OC(CCC1(O)CCC1)CN1CCOCC1. The van der Waals surface area contributed by atoms with Gasteiger partial charge in [0, 0.05) is 19.6 Å². The van der Waals surface area contributed by atoms with Gasteiger partial charge in [-0.25, -0.2) is 0 Å². The maximum absolute atomic E-state index is 9.92. The Labute approximate surface area is 97.2 Å². The molecule has 0 amide bonds. The smallest absolute Gasteiger partial charge is 0.0668 e. The first-order valence-corrected chi connectivity index (χ1v) is 6.38. The number of aliphatic hydroxyl groups excluding tert-OH is 1. The van der Waals surface area contributed by atoms with Crippen LogP contribution in [0.3, 0.4) is 0 Å². The largest absolute Gasteiger partial charge is 0.392 e. The molecular formula is C12H23NO3. The van der Waals surface area contributed by atoms with Gasteiger partial charge in [-0.1, -0.05) is 0 Å². The minimum absolute atomic E-state index is 0.303. The molecule has 1 heterocycles. The zero-order valence-electron chi connectivity index (χ0n) is 9.90. The van der Waals surface area contributed by atoms with Crippen LogP contribution in [-0.2, 0) is 4.74 Å². The highest BCUT2D eigenvalue weighted by molar-refractivity contribution is 4.88. The number of β-amino-alcohol motifs (C(OH)–C–C–N with tert-alkyl or cyclic N) is 1. The molecule has 1 saturated heterocycles. The molecule has 4 nitrogen and oxygen atoms in total. The maximum Gasteiger partial charge on any atom is 0.0668 e. The predicted octanol–water partition coefficient (Wildman–Crippen LogP) is 0.375. The zero-order chi connectivity index (χ0) is 11.4. The topological polar surface area (TPSA) is 52.9 Å². The Balaban J connectivity index is 1.61. The Morgan fingerprint density at radius 2 is 1.94 bits per heavy atom. The van der Waals surface area contributed by atoms with E-state index >= 15 is 0 Å². The molecule has 2 rings (SSSR count). The van der Waals surface area contributed by atoms with Crippen LogP contribution >= 0.6 is 0 Å². The molecule has 1 saturated carbocycles. The van der Waals surface area contributed by atoms with Gasteiger partial charge in [0.2, 0.25) is 0 Å². The fourth-order valence-electron chi connectivity index (χ4n) is 2.44. The van der Waals surface area contributed by atoms with E-state index in [1.807, 2.05) is 0 Å². The number of rotatable bonds is 5. The molecule has 1 atom stereocenters. The molecule has 94 valence electrons. The second kappa shape index (κ2) is 5.45. The third kappa shape index (κ3) is 3.42. The van der Waals surface area contributed by atoms with Gasteiger partial charge in [-0.05, 0) is 32.1 Å². The highest BCUT2D eigenvalue weighted by atomic mass is 16.5. The molecule has 16 heavy (non-hydrogen) atoms. The second-order valence-electron chi connectivity index (χ2n) is 5.18. The summed E-state index contributed by atoms with van der Waals surface area (Å²) in [4.78, 5) is 2.24. The first-order chi connectivity index (χ1) is 7.68. The van der Waals surface area contributed by atoms with Crippen molar-refractivity contribution in [3.05, 3.63) is 0 Å². The Hall–Kier alpha value is -0.160. The Bertz CT molecular complexity index is 212. The summed E-state index contributed by atoms with van der Waals surface area (Å²) >= 11 is 0. The summed E-state index contributed by atoms with van der Waals surface area (Å²) in [5.74, 6) is 0. The molecule has 0 spiro atoms. The lowest BCUT2D eigenvalue weighted by molar-refractivity contribution is -0.0533. The van der Waals surface area contributed by atoms with E-state index in [0.29, 0.717) is 6.42 Å². The monoisotopic (exact) mass is 229 g/mol. The molecule has 0 aromatic carbocycles. The van der Waals surface area contributed by atoms with Crippen molar-refractivity contribution in [1.82, 2.24) is 4.90 Å². The molecular weight excluding hydrogens is 206 g/mol. The number of hydrogen-bond acceptors (Lipinski definition) is 4. The van der Waals surface area contributed by atoms with Gasteiger partial charge in [-0.2, -0.15) is 0 Å². The standard InChI is InChI=1S/C12H23NO3/c14-11(2-5-12(15)3-1-4-12)10-13-6-8-16-9-7-13/h11,14-15H,1-10H2. The molecule has 2 N–H and O–H groups in total. The molecule has 0 aromatic rings. The zero-order valence-corrected chi connectivity index (χ0v) is 9.90. The molecule has 2 fully saturated rings. The number of morpholine rings is 1. The summed E-state index contributed by atoms with van der Waals surface area (Å²) < 4.78 is 5.26. The van der Waals surface area contributed by atoms with Crippen LogP contribution in [0.25, 0.3) is 0 Å². The van der Waals surface area contributed by atoms with E-state index in [2.05, 4.69) is 4.90 Å². The van der Waals surface area contributed by atoms with Crippen molar-refractivity contribution >= 4 is 0 Å².